The van der Waals surface area contributed by atoms with Gasteiger partial charge in [-0.3, -0.25) is 9.80 Å². The van der Waals surface area contributed by atoms with Crippen molar-refractivity contribution in [2.45, 2.75) is 20.5 Å². The van der Waals surface area contributed by atoms with E-state index in [1.807, 2.05) is 48.8 Å². The van der Waals surface area contributed by atoms with Gasteiger partial charge in [-0.05, 0) is 23.6 Å². The Hall–Kier alpha value is -2.38. The Bertz CT molecular complexity index is 754. The maximum absolute atomic E-state index is 12.0. The van der Waals surface area contributed by atoms with Crippen LogP contribution < -0.4 is 4.83 Å². The maximum atomic E-state index is 12.0. The minimum Gasteiger partial charge on any atom is -0.459 e. The second-order valence-corrected chi connectivity index (χ2v) is 7.17. The van der Waals surface area contributed by atoms with E-state index in [0.717, 1.165) is 16.2 Å². The zero-order valence-corrected chi connectivity index (χ0v) is 15.0. The average molecular weight is 356 g/mol. The highest BCUT2D eigenvalue weighted by molar-refractivity contribution is 8.02. The van der Waals surface area contributed by atoms with Crippen molar-refractivity contribution in [3.8, 4) is 0 Å². The zero-order valence-electron chi connectivity index (χ0n) is 14.2. The van der Waals surface area contributed by atoms with Gasteiger partial charge >= 0.3 is 5.97 Å². The smallest absolute Gasteiger partial charge is 0.327 e. The molecule has 2 aliphatic rings. The van der Waals surface area contributed by atoms with Crippen molar-refractivity contribution in [1.82, 2.24) is 9.84 Å². The topological polar surface area (TPSA) is 66.3 Å². The molecular weight excluding hydrogens is 336 g/mol. The minimum absolute atomic E-state index is 0.120. The second-order valence-electron chi connectivity index (χ2n) is 6.35. The van der Waals surface area contributed by atoms with E-state index < -0.39 is 0 Å². The molecule has 3 rings (SSSR count). The van der Waals surface area contributed by atoms with Crippen LogP contribution in [0.2, 0.25) is 0 Å². The van der Waals surface area contributed by atoms with Crippen LogP contribution in [0.3, 0.4) is 0 Å². The molecule has 130 valence electrons. The summed E-state index contributed by atoms with van der Waals surface area (Å²) in [5, 5.41) is 10.0. The Morgan fingerprint density at radius 3 is 2.92 bits per heavy atom. The average Bonchev–Trinajstić information content (AvgIpc) is 2.97. The first-order chi connectivity index (χ1) is 12.0. The fraction of sp³-hybridized carbons (Fsp3) is 0.278. The Kier molecular flexibility index (Phi) is 5.35. The quantitative estimate of drug-likeness (QED) is 0.649. The highest BCUT2D eigenvalue weighted by Gasteiger charge is 2.21. The summed E-state index contributed by atoms with van der Waals surface area (Å²) in [4.78, 5) is 16.0. The van der Waals surface area contributed by atoms with Crippen molar-refractivity contribution in [2.75, 3.05) is 6.54 Å². The van der Waals surface area contributed by atoms with Crippen LogP contribution in [0.1, 0.15) is 19.4 Å². The van der Waals surface area contributed by atoms with E-state index in [1.54, 1.807) is 5.01 Å². The molecule has 1 aromatic carbocycles. The Balaban J connectivity index is 1.54. The number of carbonyl (C=O) groups is 1. The molecule has 7 heteroatoms. The number of hydrogen-bond donors (Lipinski definition) is 1. The molecule has 6 nitrogen and oxygen atoms in total. The Morgan fingerprint density at radius 1 is 1.32 bits per heavy atom. The first-order valence-electron chi connectivity index (χ1n) is 7.94. The van der Waals surface area contributed by atoms with E-state index in [4.69, 9.17) is 4.74 Å². The third kappa shape index (κ3) is 5.04. The minimum atomic E-state index is -0.299. The van der Waals surface area contributed by atoms with Gasteiger partial charge in [0, 0.05) is 17.8 Å². The molecule has 0 unspecified atom stereocenters. The molecule has 2 aliphatic heterocycles. The van der Waals surface area contributed by atoms with Crippen molar-refractivity contribution >= 4 is 29.8 Å². The van der Waals surface area contributed by atoms with E-state index in [-0.39, 0.29) is 24.5 Å². The van der Waals surface area contributed by atoms with Gasteiger partial charge in [0.05, 0.1) is 4.91 Å². The summed E-state index contributed by atoms with van der Waals surface area (Å²) in [5.41, 5.74) is 1.61. The summed E-state index contributed by atoms with van der Waals surface area (Å²) in [5.74, 6) is -0.299. The molecule has 0 aromatic heterocycles. The first-order valence-corrected chi connectivity index (χ1v) is 8.76. The van der Waals surface area contributed by atoms with Gasteiger partial charge in [0.25, 0.3) is 0 Å². The van der Waals surface area contributed by atoms with Gasteiger partial charge in [-0.1, -0.05) is 50.3 Å². The van der Waals surface area contributed by atoms with Gasteiger partial charge in [-0.25, -0.2) is 0 Å². The third-order valence-corrected chi connectivity index (χ3v) is 4.43. The molecule has 0 saturated heterocycles. The monoisotopic (exact) mass is 356 g/mol. The van der Waals surface area contributed by atoms with Gasteiger partial charge in [0.1, 0.15) is 18.9 Å². The third-order valence-electron chi connectivity index (χ3n) is 3.57. The summed E-state index contributed by atoms with van der Waals surface area (Å²) in [6.45, 7) is 4.52. The van der Waals surface area contributed by atoms with Crippen molar-refractivity contribution in [3.05, 3.63) is 59.2 Å². The molecule has 0 spiro atoms. The van der Waals surface area contributed by atoms with Crippen molar-refractivity contribution in [1.29, 1.82) is 0 Å². The number of esters is 1. The molecule has 0 atom stereocenters. The number of rotatable bonds is 5. The lowest BCUT2D eigenvalue weighted by molar-refractivity contribution is -0.145. The van der Waals surface area contributed by atoms with Crippen molar-refractivity contribution in [3.63, 3.8) is 0 Å². The summed E-state index contributed by atoms with van der Waals surface area (Å²) in [6.07, 6.45) is 7.65. The van der Waals surface area contributed by atoms with Gasteiger partial charge in [-0.2, -0.15) is 15.0 Å². The highest BCUT2D eigenvalue weighted by Crippen LogP contribution is 2.25. The lowest BCUT2D eigenvalue weighted by atomic mass is 9.95. The van der Waals surface area contributed by atoms with Crippen LogP contribution >= 0.6 is 11.9 Å². The van der Waals surface area contributed by atoms with Crippen LogP contribution in [0.25, 0.3) is 0 Å². The SMILES string of the molecule is CC1(C)C=CC(C2=CN(CC(=O)OCc3ccccc3)NS2)=NN=C1. The molecule has 0 saturated carbocycles. The summed E-state index contributed by atoms with van der Waals surface area (Å²) in [7, 11) is 0. The molecule has 1 aromatic rings. The van der Waals surface area contributed by atoms with E-state index in [9.17, 15) is 4.79 Å². The summed E-state index contributed by atoms with van der Waals surface area (Å²) < 4.78 is 5.29. The van der Waals surface area contributed by atoms with E-state index in [2.05, 4.69) is 35.0 Å². The molecule has 0 fully saturated rings. The van der Waals surface area contributed by atoms with Gasteiger partial charge < -0.3 is 4.74 Å². The van der Waals surface area contributed by atoms with E-state index in [1.165, 1.54) is 11.9 Å². The fourth-order valence-electron chi connectivity index (χ4n) is 2.16. The Labute approximate surface area is 151 Å². The number of hydrogen-bond acceptors (Lipinski definition) is 7. The summed E-state index contributed by atoms with van der Waals surface area (Å²) in [6, 6.07) is 9.61. The number of hydrazine groups is 1. The largest absolute Gasteiger partial charge is 0.459 e. The molecule has 2 heterocycles. The molecule has 25 heavy (non-hydrogen) atoms. The lowest BCUT2D eigenvalue weighted by Gasteiger charge is -2.13. The Morgan fingerprint density at radius 2 is 2.12 bits per heavy atom. The van der Waals surface area contributed by atoms with Gasteiger partial charge in [0.15, 0.2) is 0 Å². The number of ether oxygens (including phenoxy) is 1. The van der Waals surface area contributed by atoms with Crippen LogP contribution in [0.5, 0.6) is 0 Å². The fourth-order valence-corrected chi connectivity index (χ4v) is 2.89. The number of carbonyl (C=O) groups excluding carboxylic acids is 1. The van der Waals surface area contributed by atoms with Crippen LogP contribution in [-0.4, -0.2) is 29.4 Å². The van der Waals surface area contributed by atoms with E-state index >= 15 is 0 Å². The van der Waals surface area contributed by atoms with Crippen LogP contribution in [0.4, 0.5) is 0 Å². The number of benzene rings is 1. The number of nitrogens with one attached hydrogen (secondary N) is 1. The van der Waals surface area contributed by atoms with Crippen LogP contribution in [0.15, 0.2) is 63.8 Å². The maximum Gasteiger partial charge on any atom is 0.327 e. The normalized spacial score (nSPS) is 18.6. The van der Waals surface area contributed by atoms with E-state index in [0.29, 0.717) is 0 Å². The molecular formula is C18H20N4O2S. The van der Waals surface area contributed by atoms with Crippen molar-refractivity contribution in [2.24, 2.45) is 15.6 Å². The first kappa shape index (κ1) is 17.4. The lowest BCUT2D eigenvalue weighted by Crippen LogP contribution is -2.31. The summed E-state index contributed by atoms with van der Waals surface area (Å²) >= 11 is 1.40. The number of allylic oxidation sites excluding steroid dienone is 3. The molecule has 0 aliphatic carbocycles. The van der Waals surface area contributed by atoms with Crippen LogP contribution in [-0.2, 0) is 16.1 Å². The van der Waals surface area contributed by atoms with Crippen molar-refractivity contribution < 1.29 is 9.53 Å². The molecule has 1 N–H and O–H groups in total. The number of nitrogens with zero attached hydrogens (tertiary/aromatic N) is 3. The predicted octanol–water partition coefficient (Wildman–Crippen LogP) is 3.06. The second kappa shape index (κ2) is 7.67. The van der Waals surface area contributed by atoms with Gasteiger partial charge in [0.2, 0.25) is 0 Å². The standard InChI is InChI=1S/C18H20N4O2S/c1-18(2)9-8-15(20-19-13-18)16-10-22(21-25-16)11-17(23)24-12-14-6-4-3-5-7-14/h3-10,13,21H,11-12H2,1-2H3. The molecule has 0 amide bonds. The zero-order chi connectivity index (χ0) is 17.7. The van der Waals surface area contributed by atoms with Gasteiger partial charge in [-0.15, -0.1) is 0 Å². The van der Waals surface area contributed by atoms with Crippen LogP contribution in [0, 0.1) is 5.41 Å². The molecule has 0 radical (unpaired) electrons. The predicted molar refractivity (Wildman–Crippen MR) is 101 cm³/mol. The molecule has 0 bridgehead atoms. The highest BCUT2D eigenvalue weighted by atomic mass is 32.2.